The van der Waals surface area contributed by atoms with Gasteiger partial charge in [-0.15, -0.1) is 0 Å². The number of fused-ring (bicyclic) bond motifs is 1. The standard InChI is InChI=1S/C20H28N4O3S/c21-20(28)24-7-10-26-14-16(24)12-15-13-22-19-17(15)2-1-3-18(19)27-11-6-23-4-8-25-9-5-23/h1-3,13,16,22H,4-12,14H2,(H2,21,28)/t16-/m0/s1. The smallest absolute Gasteiger partial charge is 0.166 e. The second-order valence-corrected chi connectivity index (χ2v) is 7.68. The normalized spacial score (nSPS) is 21.1. The van der Waals surface area contributed by atoms with Gasteiger partial charge in [0.15, 0.2) is 5.11 Å². The van der Waals surface area contributed by atoms with Crippen molar-refractivity contribution < 1.29 is 14.2 Å². The van der Waals surface area contributed by atoms with E-state index in [1.54, 1.807) is 0 Å². The summed E-state index contributed by atoms with van der Waals surface area (Å²) in [6.07, 6.45) is 2.89. The third kappa shape index (κ3) is 4.41. The summed E-state index contributed by atoms with van der Waals surface area (Å²) in [4.78, 5) is 7.84. The number of rotatable bonds is 6. The highest BCUT2D eigenvalue weighted by Gasteiger charge is 2.25. The Morgan fingerprint density at radius 1 is 1.21 bits per heavy atom. The zero-order valence-electron chi connectivity index (χ0n) is 16.1. The van der Waals surface area contributed by atoms with Crippen molar-refractivity contribution in [3.63, 3.8) is 0 Å². The minimum Gasteiger partial charge on any atom is -0.490 e. The van der Waals surface area contributed by atoms with E-state index in [0.717, 1.165) is 57.1 Å². The molecule has 7 nitrogen and oxygen atoms in total. The van der Waals surface area contributed by atoms with Gasteiger partial charge in [0.1, 0.15) is 12.4 Å². The summed E-state index contributed by atoms with van der Waals surface area (Å²) in [6, 6.07) is 6.36. The summed E-state index contributed by atoms with van der Waals surface area (Å²) < 4.78 is 17.1. The van der Waals surface area contributed by atoms with Crippen molar-refractivity contribution in [2.45, 2.75) is 12.5 Å². The number of aromatic amines is 1. The maximum absolute atomic E-state index is 6.10. The van der Waals surface area contributed by atoms with Gasteiger partial charge in [0, 0.05) is 37.8 Å². The zero-order valence-corrected chi connectivity index (χ0v) is 16.9. The molecular weight excluding hydrogens is 376 g/mol. The van der Waals surface area contributed by atoms with Crippen molar-refractivity contribution in [1.29, 1.82) is 0 Å². The molecule has 0 bridgehead atoms. The van der Waals surface area contributed by atoms with E-state index >= 15 is 0 Å². The summed E-state index contributed by atoms with van der Waals surface area (Å²) in [6.45, 7) is 7.20. The molecule has 0 amide bonds. The number of nitrogens with two attached hydrogens (primary N) is 1. The second kappa shape index (κ2) is 9.09. The van der Waals surface area contributed by atoms with Crippen LogP contribution in [0.15, 0.2) is 24.4 Å². The summed E-state index contributed by atoms with van der Waals surface area (Å²) in [5.74, 6) is 0.892. The van der Waals surface area contributed by atoms with Crippen molar-refractivity contribution in [3.8, 4) is 5.75 Å². The van der Waals surface area contributed by atoms with Gasteiger partial charge in [0.2, 0.25) is 0 Å². The van der Waals surface area contributed by atoms with Gasteiger partial charge in [-0.3, -0.25) is 4.90 Å². The molecule has 28 heavy (non-hydrogen) atoms. The zero-order chi connectivity index (χ0) is 19.3. The van der Waals surface area contributed by atoms with Crippen molar-refractivity contribution in [3.05, 3.63) is 30.0 Å². The van der Waals surface area contributed by atoms with Crippen LogP contribution in [0, 0.1) is 0 Å². The molecule has 4 rings (SSSR count). The summed E-state index contributed by atoms with van der Waals surface area (Å²) >= 11 is 5.22. The lowest BCUT2D eigenvalue weighted by atomic mass is 10.0. The lowest BCUT2D eigenvalue weighted by molar-refractivity contribution is 0.0274. The number of thiocarbonyl (C=S) groups is 1. The number of para-hydroxylation sites is 1. The summed E-state index contributed by atoms with van der Waals surface area (Å²) in [5.41, 5.74) is 8.17. The lowest BCUT2D eigenvalue weighted by Gasteiger charge is -2.36. The highest BCUT2D eigenvalue weighted by Crippen LogP contribution is 2.29. The van der Waals surface area contributed by atoms with Crippen molar-refractivity contribution in [2.24, 2.45) is 5.73 Å². The van der Waals surface area contributed by atoms with Crippen LogP contribution in [0.3, 0.4) is 0 Å². The van der Waals surface area contributed by atoms with Gasteiger partial charge in [0.25, 0.3) is 0 Å². The Kier molecular flexibility index (Phi) is 6.31. The van der Waals surface area contributed by atoms with Crippen LogP contribution in [-0.4, -0.2) is 85.2 Å². The Morgan fingerprint density at radius 2 is 2.04 bits per heavy atom. The molecule has 3 heterocycles. The first-order valence-corrected chi connectivity index (χ1v) is 10.3. The monoisotopic (exact) mass is 404 g/mol. The molecule has 0 saturated carbocycles. The fraction of sp³-hybridized carbons (Fsp3) is 0.550. The fourth-order valence-electron chi connectivity index (χ4n) is 3.95. The average Bonchev–Trinajstić information content (AvgIpc) is 3.13. The third-order valence-electron chi connectivity index (χ3n) is 5.50. The van der Waals surface area contributed by atoms with Crippen molar-refractivity contribution in [1.82, 2.24) is 14.8 Å². The lowest BCUT2D eigenvalue weighted by Crippen LogP contribution is -2.51. The van der Waals surface area contributed by atoms with Crippen LogP contribution in [-0.2, 0) is 15.9 Å². The van der Waals surface area contributed by atoms with Gasteiger partial charge < -0.3 is 29.8 Å². The minimum atomic E-state index is 0.163. The first-order valence-electron chi connectivity index (χ1n) is 9.88. The minimum absolute atomic E-state index is 0.163. The third-order valence-corrected chi connectivity index (χ3v) is 5.73. The number of ether oxygens (including phenoxy) is 3. The van der Waals surface area contributed by atoms with E-state index in [9.17, 15) is 0 Å². The van der Waals surface area contributed by atoms with Gasteiger partial charge in [-0.1, -0.05) is 12.1 Å². The quantitative estimate of drug-likeness (QED) is 0.704. The van der Waals surface area contributed by atoms with E-state index in [1.807, 2.05) is 12.1 Å². The molecule has 2 aliphatic rings. The van der Waals surface area contributed by atoms with Crippen LogP contribution in [0.5, 0.6) is 5.75 Å². The predicted molar refractivity (Wildman–Crippen MR) is 113 cm³/mol. The molecule has 2 saturated heterocycles. The molecule has 3 N–H and O–H groups in total. The molecule has 0 aliphatic carbocycles. The van der Waals surface area contributed by atoms with Crippen molar-refractivity contribution in [2.75, 3.05) is 59.2 Å². The number of aromatic nitrogens is 1. The van der Waals surface area contributed by atoms with Gasteiger partial charge in [-0.2, -0.15) is 0 Å². The summed E-state index contributed by atoms with van der Waals surface area (Å²) in [7, 11) is 0. The Hall–Kier alpha value is -1.87. The van der Waals surface area contributed by atoms with Gasteiger partial charge in [-0.05, 0) is 30.3 Å². The van der Waals surface area contributed by atoms with Crippen molar-refractivity contribution >= 4 is 28.2 Å². The number of hydrogen-bond acceptors (Lipinski definition) is 5. The van der Waals surface area contributed by atoms with Gasteiger partial charge >= 0.3 is 0 Å². The van der Waals surface area contributed by atoms with E-state index in [2.05, 4.69) is 27.0 Å². The van der Waals surface area contributed by atoms with Crippen LogP contribution in [0.1, 0.15) is 5.56 Å². The van der Waals surface area contributed by atoms with Crippen LogP contribution in [0.4, 0.5) is 0 Å². The maximum Gasteiger partial charge on any atom is 0.166 e. The average molecular weight is 405 g/mol. The SMILES string of the molecule is NC(=S)N1CCOC[C@@H]1Cc1c[nH]c2c(OCCN3CCOCC3)cccc12. The first kappa shape index (κ1) is 19.4. The highest BCUT2D eigenvalue weighted by molar-refractivity contribution is 7.80. The predicted octanol–water partition coefficient (Wildman–Crippen LogP) is 1.37. The number of hydrogen-bond donors (Lipinski definition) is 2. The Labute approximate surface area is 170 Å². The summed E-state index contributed by atoms with van der Waals surface area (Å²) in [5, 5.41) is 1.62. The molecule has 1 aromatic carbocycles. The van der Waals surface area contributed by atoms with Gasteiger partial charge in [-0.25, -0.2) is 0 Å². The number of benzene rings is 1. The molecule has 0 radical (unpaired) electrons. The van der Waals surface area contributed by atoms with E-state index in [0.29, 0.717) is 24.9 Å². The molecule has 1 aromatic heterocycles. The van der Waals surface area contributed by atoms with Crippen LogP contribution in [0.25, 0.3) is 10.9 Å². The molecule has 0 spiro atoms. The largest absolute Gasteiger partial charge is 0.490 e. The van der Waals surface area contributed by atoms with Gasteiger partial charge in [0.05, 0.1) is 38.0 Å². The molecule has 152 valence electrons. The number of H-pyrrole nitrogens is 1. The second-order valence-electron chi connectivity index (χ2n) is 7.26. The topological polar surface area (TPSA) is 76.0 Å². The van der Waals surface area contributed by atoms with Crippen LogP contribution >= 0.6 is 12.2 Å². The van der Waals surface area contributed by atoms with Crippen LogP contribution < -0.4 is 10.5 Å². The molecule has 0 unspecified atom stereocenters. The van der Waals surface area contributed by atoms with Crippen LogP contribution in [0.2, 0.25) is 0 Å². The number of nitrogens with zero attached hydrogens (tertiary/aromatic N) is 2. The molecular formula is C20H28N4O3S. The maximum atomic E-state index is 6.10. The van der Waals surface area contributed by atoms with E-state index < -0.39 is 0 Å². The number of nitrogens with one attached hydrogen (secondary N) is 1. The first-order chi connectivity index (χ1) is 13.7. The van der Waals surface area contributed by atoms with E-state index in [-0.39, 0.29) is 6.04 Å². The Balaban J connectivity index is 1.43. The number of morpholine rings is 2. The van der Waals surface area contributed by atoms with E-state index in [1.165, 1.54) is 10.9 Å². The van der Waals surface area contributed by atoms with E-state index in [4.69, 9.17) is 32.2 Å². The highest BCUT2D eigenvalue weighted by atomic mass is 32.1. The molecule has 2 aromatic rings. The molecule has 1 atom stereocenters. The molecule has 2 fully saturated rings. The molecule has 8 heteroatoms. The Bertz CT molecular complexity index is 806. The Morgan fingerprint density at radius 3 is 2.86 bits per heavy atom. The molecule has 2 aliphatic heterocycles. The fourth-order valence-corrected chi connectivity index (χ4v) is 4.19.